The minimum absolute atomic E-state index is 0.259. The molecule has 0 aliphatic heterocycles. The standard InChI is InChI=1S/C10H16N2O2PS/c1-9-5-7-10(8-6-9)16(13,14)11-15(4)12(2)3/h5-8H,1-4H3/q+1. The molecule has 1 atom stereocenters. The lowest BCUT2D eigenvalue weighted by atomic mass is 10.2. The SMILES string of the molecule is Cc1ccc(S(=O)(=O)N=[P+](C)N(C)C)cc1. The van der Waals surface area contributed by atoms with Crippen molar-refractivity contribution in [3.63, 3.8) is 0 Å². The quantitative estimate of drug-likeness (QED) is 0.783. The third-order valence-electron chi connectivity index (χ3n) is 2.12. The Kier molecular flexibility index (Phi) is 4.19. The van der Waals surface area contributed by atoms with Gasteiger partial charge in [-0.2, -0.15) is 8.42 Å². The van der Waals surface area contributed by atoms with Gasteiger partial charge >= 0.3 is 17.9 Å². The predicted octanol–water partition coefficient (Wildman–Crippen LogP) is 2.46. The Labute approximate surface area is 97.9 Å². The maximum atomic E-state index is 11.9. The molecule has 1 aromatic carbocycles. The summed E-state index contributed by atoms with van der Waals surface area (Å²) in [5.74, 6) is 0. The lowest BCUT2D eigenvalue weighted by molar-refractivity contribution is 0.597. The Bertz CT molecular complexity index is 492. The molecular weight excluding hydrogens is 243 g/mol. The van der Waals surface area contributed by atoms with Crippen molar-refractivity contribution in [2.24, 2.45) is 4.15 Å². The molecule has 0 aliphatic rings. The highest BCUT2D eigenvalue weighted by Gasteiger charge is 2.20. The summed E-state index contributed by atoms with van der Waals surface area (Å²) in [7, 11) is -0.859. The van der Waals surface area contributed by atoms with E-state index in [0.29, 0.717) is 0 Å². The number of hydrogen-bond donors (Lipinski definition) is 0. The molecule has 0 heterocycles. The van der Waals surface area contributed by atoms with Crippen molar-refractivity contribution in [3.05, 3.63) is 29.8 Å². The van der Waals surface area contributed by atoms with Gasteiger partial charge in [0.25, 0.3) is 0 Å². The lowest BCUT2D eigenvalue weighted by Crippen LogP contribution is -2.01. The molecule has 88 valence electrons. The molecular formula is C10H16N2O2PS+. The summed E-state index contributed by atoms with van der Waals surface area (Å²) >= 11 is 0. The van der Waals surface area contributed by atoms with Crippen molar-refractivity contribution in [3.8, 4) is 0 Å². The second kappa shape index (κ2) is 5.04. The topological polar surface area (TPSA) is 49.7 Å². The van der Waals surface area contributed by atoms with Crippen molar-refractivity contribution >= 4 is 17.9 Å². The summed E-state index contributed by atoms with van der Waals surface area (Å²) in [6, 6.07) is 6.73. The molecule has 0 amide bonds. The van der Waals surface area contributed by atoms with Crippen LogP contribution in [0.1, 0.15) is 5.56 Å². The van der Waals surface area contributed by atoms with E-state index < -0.39 is 17.9 Å². The number of sulfonamides is 1. The van der Waals surface area contributed by atoms with Crippen LogP contribution in [-0.2, 0) is 10.0 Å². The van der Waals surface area contributed by atoms with E-state index in [1.807, 2.05) is 21.0 Å². The highest BCUT2D eigenvalue weighted by molar-refractivity contribution is 7.92. The molecule has 1 aromatic rings. The van der Waals surface area contributed by atoms with E-state index >= 15 is 0 Å². The van der Waals surface area contributed by atoms with Gasteiger partial charge in [-0.25, -0.2) is 0 Å². The molecule has 1 rings (SSSR count). The molecule has 0 radical (unpaired) electrons. The first-order valence-electron chi connectivity index (χ1n) is 4.78. The molecule has 4 nitrogen and oxygen atoms in total. The van der Waals surface area contributed by atoms with Crippen LogP contribution in [0, 0.1) is 6.92 Å². The van der Waals surface area contributed by atoms with Crippen LogP contribution in [0.3, 0.4) is 0 Å². The van der Waals surface area contributed by atoms with Crippen molar-refractivity contribution in [2.45, 2.75) is 11.8 Å². The van der Waals surface area contributed by atoms with E-state index in [1.165, 1.54) is 0 Å². The summed E-state index contributed by atoms with van der Waals surface area (Å²) in [6.07, 6.45) is 0. The van der Waals surface area contributed by atoms with Gasteiger partial charge in [-0.1, -0.05) is 17.7 Å². The average Bonchev–Trinajstić information content (AvgIpc) is 2.17. The maximum absolute atomic E-state index is 11.9. The van der Waals surface area contributed by atoms with Crippen molar-refractivity contribution in [2.75, 3.05) is 20.8 Å². The molecule has 0 aromatic heterocycles. The van der Waals surface area contributed by atoms with E-state index in [1.54, 1.807) is 35.6 Å². The number of benzene rings is 1. The Morgan fingerprint density at radius 3 is 2.12 bits per heavy atom. The van der Waals surface area contributed by atoms with E-state index in [9.17, 15) is 8.42 Å². The molecule has 1 unspecified atom stereocenters. The van der Waals surface area contributed by atoms with Crippen LogP contribution in [0.2, 0.25) is 0 Å². The molecule has 6 heteroatoms. The highest BCUT2D eigenvalue weighted by atomic mass is 32.2. The number of aryl methyl sites for hydroxylation is 1. The normalized spacial score (nSPS) is 13.2. The van der Waals surface area contributed by atoms with Crippen molar-refractivity contribution < 1.29 is 8.42 Å². The van der Waals surface area contributed by atoms with Gasteiger partial charge in [0.05, 0.1) is 4.90 Å². The Hall–Kier alpha value is -0.770. The Balaban J connectivity index is 3.13. The van der Waals surface area contributed by atoms with Gasteiger partial charge in [0.2, 0.25) is 0 Å². The van der Waals surface area contributed by atoms with Crippen LogP contribution in [0.25, 0.3) is 0 Å². The van der Waals surface area contributed by atoms with E-state index in [0.717, 1.165) is 5.56 Å². The summed E-state index contributed by atoms with van der Waals surface area (Å²) in [4.78, 5) is 0.259. The molecule has 0 fully saturated rings. The highest BCUT2D eigenvalue weighted by Crippen LogP contribution is 2.27. The fourth-order valence-corrected chi connectivity index (χ4v) is 3.67. The Morgan fingerprint density at radius 1 is 1.19 bits per heavy atom. The van der Waals surface area contributed by atoms with E-state index in [-0.39, 0.29) is 4.90 Å². The predicted molar refractivity (Wildman–Crippen MR) is 67.3 cm³/mol. The summed E-state index contributed by atoms with van der Waals surface area (Å²) < 4.78 is 29.4. The molecule has 0 bridgehead atoms. The van der Waals surface area contributed by atoms with Gasteiger partial charge in [0.15, 0.2) is 0 Å². The third kappa shape index (κ3) is 3.37. The zero-order valence-corrected chi connectivity index (χ0v) is 11.6. The van der Waals surface area contributed by atoms with Crippen LogP contribution >= 0.6 is 7.86 Å². The number of nitrogens with zero attached hydrogens (tertiary/aromatic N) is 2. The molecule has 16 heavy (non-hydrogen) atoms. The summed E-state index contributed by atoms with van der Waals surface area (Å²) in [6.45, 7) is 3.72. The molecule has 0 spiro atoms. The minimum Gasteiger partial charge on any atom is -0.196 e. The van der Waals surface area contributed by atoms with Crippen LogP contribution in [0.5, 0.6) is 0 Å². The minimum atomic E-state index is -3.51. The van der Waals surface area contributed by atoms with Gasteiger partial charge in [-0.05, 0) is 19.1 Å². The molecule has 0 saturated carbocycles. The first-order chi connectivity index (χ1) is 7.33. The first kappa shape index (κ1) is 13.3. The van der Waals surface area contributed by atoms with Gasteiger partial charge < -0.3 is 0 Å². The van der Waals surface area contributed by atoms with Crippen LogP contribution in [0.4, 0.5) is 0 Å². The van der Waals surface area contributed by atoms with E-state index in [4.69, 9.17) is 0 Å². The second-order valence-corrected chi connectivity index (χ2v) is 7.56. The van der Waals surface area contributed by atoms with Gasteiger partial charge in [0.1, 0.15) is 6.66 Å². The lowest BCUT2D eigenvalue weighted by Gasteiger charge is -1.98. The fraction of sp³-hybridized carbons (Fsp3) is 0.400. The second-order valence-electron chi connectivity index (χ2n) is 3.71. The van der Waals surface area contributed by atoms with E-state index in [2.05, 4.69) is 4.15 Å². The summed E-state index contributed by atoms with van der Waals surface area (Å²) in [5.41, 5.74) is 1.03. The zero-order chi connectivity index (χ0) is 12.3. The monoisotopic (exact) mass is 259 g/mol. The number of rotatable bonds is 3. The maximum Gasteiger partial charge on any atom is 0.318 e. The van der Waals surface area contributed by atoms with Crippen LogP contribution in [0.15, 0.2) is 33.3 Å². The molecule has 0 N–H and O–H groups in total. The molecule has 0 saturated heterocycles. The zero-order valence-electron chi connectivity index (χ0n) is 9.88. The van der Waals surface area contributed by atoms with Crippen LogP contribution < -0.4 is 0 Å². The number of hydrogen-bond acceptors (Lipinski definition) is 2. The summed E-state index contributed by atoms with van der Waals surface area (Å²) in [5, 5.41) is 0. The van der Waals surface area contributed by atoms with Gasteiger partial charge in [0, 0.05) is 18.2 Å². The van der Waals surface area contributed by atoms with Crippen LogP contribution in [-0.4, -0.2) is 33.8 Å². The van der Waals surface area contributed by atoms with Gasteiger partial charge in [-0.15, -0.1) is 4.67 Å². The first-order valence-corrected chi connectivity index (χ1v) is 7.92. The Morgan fingerprint density at radius 2 is 1.69 bits per heavy atom. The largest absolute Gasteiger partial charge is 0.318 e. The smallest absolute Gasteiger partial charge is 0.196 e. The molecule has 0 aliphatic carbocycles. The van der Waals surface area contributed by atoms with Crippen molar-refractivity contribution in [1.29, 1.82) is 0 Å². The third-order valence-corrected chi connectivity index (χ3v) is 5.95. The van der Waals surface area contributed by atoms with Gasteiger partial charge in [-0.3, -0.25) is 0 Å². The van der Waals surface area contributed by atoms with Crippen molar-refractivity contribution in [1.82, 2.24) is 4.67 Å². The fourth-order valence-electron chi connectivity index (χ4n) is 0.986. The average molecular weight is 259 g/mol.